The van der Waals surface area contributed by atoms with E-state index in [1.165, 1.54) is 11.3 Å². The number of nitrogens with zero attached hydrogens (tertiary/aromatic N) is 1. The van der Waals surface area contributed by atoms with Crippen molar-refractivity contribution < 1.29 is 29.3 Å². The van der Waals surface area contributed by atoms with Crippen molar-refractivity contribution in [2.45, 2.75) is 103 Å². The van der Waals surface area contributed by atoms with Crippen LogP contribution in [-0.4, -0.2) is 50.9 Å². The number of carbonyl (C=O) groups excluding carboxylic acids is 2. The first-order valence-electron chi connectivity index (χ1n) is 13.7. The van der Waals surface area contributed by atoms with Crippen LogP contribution < -0.4 is 5.73 Å². The molecule has 2 saturated heterocycles. The number of esters is 1. The maximum Gasteiger partial charge on any atom is 0.309 e. The van der Waals surface area contributed by atoms with Crippen LogP contribution in [0.15, 0.2) is 18.2 Å². The van der Waals surface area contributed by atoms with Gasteiger partial charge >= 0.3 is 5.97 Å². The van der Waals surface area contributed by atoms with Crippen LogP contribution in [-0.2, 0) is 25.6 Å². The fourth-order valence-electron chi connectivity index (χ4n) is 5.63. The van der Waals surface area contributed by atoms with E-state index >= 15 is 0 Å². The third-order valence-corrected chi connectivity index (χ3v) is 9.63. The number of aromatic nitrogens is 1. The summed E-state index contributed by atoms with van der Waals surface area (Å²) in [6, 6.07) is 5.79. The van der Waals surface area contributed by atoms with Gasteiger partial charge in [-0.05, 0) is 43.4 Å². The first kappa shape index (κ1) is 29.6. The molecule has 1 aromatic carbocycles. The third kappa shape index (κ3) is 6.36. The maximum absolute atomic E-state index is 13.6. The summed E-state index contributed by atoms with van der Waals surface area (Å²) in [7, 11) is 0. The van der Waals surface area contributed by atoms with Crippen LogP contribution in [0, 0.1) is 29.6 Å². The Hall–Kier alpha value is -2.35. The van der Waals surface area contributed by atoms with Gasteiger partial charge < -0.3 is 25.4 Å². The lowest BCUT2D eigenvalue weighted by Crippen LogP contribution is -2.46. The number of Topliss-reactive ketones (excluding diaryl/α,β-unsaturated/α-hetero) is 1. The molecule has 8 nitrogen and oxygen atoms in total. The largest absolute Gasteiger partial charge is 0.457 e. The van der Waals surface area contributed by atoms with Gasteiger partial charge in [-0.1, -0.05) is 33.3 Å². The zero-order chi connectivity index (χ0) is 28.5. The van der Waals surface area contributed by atoms with Crippen molar-refractivity contribution in [2.24, 2.45) is 23.0 Å². The molecule has 0 amide bonds. The number of nitrogens with two attached hydrogens (primary N) is 1. The summed E-state index contributed by atoms with van der Waals surface area (Å²) in [5.74, 6) is 0.525. The third-order valence-electron chi connectivity index (χ3n) is 8.57. The molecule has 212 valence electrons. The number of terminal acetylenes is 1. The molecule has 4 N–H and O–H groups in total. The summed E-state index contributed by atoms with van der Waals surface area (Å²) in [5.41, 5.74) is 5.68. The molecule has 0 aliphatic carbocycles. The maximum atomic E-state index is 13.6. The minimum Gasteiger partial charge on any atom is -0.457 e. The minimum atomic E-state index is -1.32. The molecule has 39 heavy (non-hydrogen) atoms. The van der Waals surface area contributed by atoms with E-state index in [1.54, 1.807) is 13.8 Å². The number of cyclic esters (lactones) is 1. The number of aliphatic hydroxyl groups is 2. The molecular weight excluding hydrogens is 516 g/mol. The van der Waals surface area contributed by atoms with Gasteiger partial charge in [0.15, 0.2) is 0 Å². The number of fused-ring (bicyclic) bond motifs is 2. The second-order valence-corrected chi connectivity index (χ2v) is 13.0. The predicted molar refractivity (Wildman–Crippen MR) is 150 cm³/mol. The molecule has 4 rings (SSSR count). The number of carbonyl (C=O) groups is 2. The van der Waals surface area contributed by atoms with E-state index in [0.717, 1.165) is 33.6 Å². The van der Waals surface area contributed by atoms with Crippen LogP contribution in [0.5, 0.6) is 0 Å². The molecule has 2 aromatic rings. The number of thiazole rings is 1. The van der Waals surface area contributed by atoms with Crippen LogP contribution in [0.4, 0.5) is 0 Å². The Morgan fingerprint density at radius 1 is 1.26 bits per heavy atom. The molecule has 7 atom stereocenters. The SMILES string of the molecule is C#CC[C@H]1C(=O)C(C)(C)[C@@H](O)CC(=O)O[C@H](c2ccc3sc(CN)nc3c2)C[C@@H]2O[C@]2(C)CCC[C@H](C)[C@@H]1O. The van der Waals surface area contributed by atoms with E-state index in [9.17, 15) is 19.8 Å². The number of ketones is 1. The topological polar surface area (TPSA) is 135 Å². The van der Waals surface area contributed by atoms with Crippen molar-refractivity contribution in [2.75, 3.05) is 0 Å². The molecule has 3 heterocycles. The van der Waals surface area contributed by atoms with Crippen LogP contribution >= 0.6 is 11.3 Å². The highest BCUT2D eigenvalue weighted by Crippen LogP contribution is 2.47. The van der Waals surface area contributed by atoms with Crippen molar-refractivity contribution in [3.8, 4) is 12.3 Å². The summed E-state index contributed by atoms with van der Waals surface area (Å²) in [4.78, 5) is 31.3. The number of aliphatic hydroxyl groups excluding tert-OH is 2. The minimum absolute atomic E-state index is 0.0564. The van der Waals surface area contributed by atoms with Crippen molar-refractivity contribution in [3.05, 3.63) is 28.8 Å². The lowest BCUT2D eigenvalue weighted by Gasteiger charge is -2.35. The fourth-order valence-corrected chi connectivity index (χ4v) is 6.46. The molecular formula is C30H40N2O6S. The molecule has 0 spiro atoms. The van der Waals surface area contributed by atoms with Crippen molar-refractivity contribution >= 4 is 33.3 Å². The second-order valence-electron chi connectivity index (χ2n) is 11.9. The van der Waals surface area contributed by atoms with Gasteiger partial charge in [0, 0.05) is 19.4 Å². The average Bonchev–Trinajstić information content (AvgIpc) is 3.33. The number of hydrogen-bond donors (Lipinski definition) is 3. The quantitative estimate of drug-likeness (QED) is 0.293. The summed E-state index contributed by atoms with van der Waals surface area (Å²) in [5, 5.41) is 23.0. The molecule has 0 unspecified atom stereocenters. The number of benzene rings is 1. The van der Waals surface area contributed by atoms with Gasteiger partial charge in [-0.2, -0.15) is 0 Å². The standard InChI is InChI=1S/C30H40N2O6S/c1-6-8-19-27(35)17(2)9-7-12-30(5)24(38-30)14-21(37-26(34)15-23(33)29(3,4)28(19)36)18-10-11-22-20(13-18)32-25(16-31)39-22/h1,10-11,13,17,19,21,23-24,27,33,35H,7-9,12,14-16,31H2,2-5H3/t17-,19+,21-,23-,24-,27-,30+/m0/s1. The molecule has 0 radical (unpaired) electrons. The van der Waals surface area contributed by atoms with Gasteiger partial charge in [-0.15, -0.1) is 23.7 Å². The van der Waals surface area contributed by atoms with E-state index in [4.69, 9.17) is 21.6 Å². The van der Waals surface area contributed by atoms with Gasteiger partial charge in [-0.25, -0.2) is 4.98 Å². The van der Waals surface area contributed by atoms with Gasteiger partial charge in [0.05, 0.1) is 51.9 Å². The molecule has 2 aliphatic rings. The van der Waals surface area contributed by atoms with Crippen LogP contribution in [0.3, 0.4) is 0 Å². The van der Waals surface area contributed by atoms with Gasteiger partial charge in [0.25, 0.3) is 0 Å². The van der Waals surface area contributed by atoms with E-state index in [0.29, 0.717) is 19.4 Å². The Morgan fingerprint density at radius 3 is 2.69 bits per heavy atom. The smallest absolute Gasteiger partial charge is 0.309 e. The van der Waals surface area contributed by atoms with Gasteiger partial charge in [0.1, 0.15) is 16.9 Å². The Kier molecular flexibility index (Phi) is 8.84. The van der Waals surface area contributed by atoms with E-state index in [-0.39, 0.29) is 36.2 Å². The number of hydrogen-bond acceptors (Lipinski definition) is 9. The van der Waals surface area contributed by atoms with Crippen molar-refractivity contribution in [1.82, 2.24) is 4.98 Å². The Bertz CT molecular complexity index is 1250. The summed E-state index contributed by atoms with van der Waals surface area (Å²) < 4.78 is 13.1. The van der Waals surface area contributed by atoms with E-state index in [1.807, 2.05) is 25.1 Å². The first-order chi connectivity index (χ1) is 18.4. The summed E-state index contributed by atoms with van der Waals surface area (Å²) >= 11 is 1.53. The zero-order valence-electron chi connectivity index (χ0n) is 23.2. The molecule has 0 saturated carbocycles. The first-order valence-corrected chi connectivity index (χ1v) is 14.5. The van der Waals surface area contributed by atoms with E-state index < -0.39 is 35.6 Å². The Balaban J connectivity index is 1.63. The van der Waals surface area contributed by atoms with E-state index in [2.05, 4.69) is 17.8 Å². The average molecular weight is 557 g/mol. The van der Waals surface area contributed by atoms with Crippen LogP contribution in [0.25, 0.3) is 10.2 Å². The Labute approximate surface area is 234 Å². The predicted octanol–water partition coefficient (Wildman–Crippen LogP) is 4.05. The molecule has 2 fully saturated rings. The normalized spacial score (nSPS) is 34.2. The number of ether oxygens (including phenoxy) is 2. The zero-order valence-corrected chi connectivity index (χ0v) is 24.0. The molecule has 9 heteroatoms. The van der Waals surface area contributed by atoms with Crippen LogP contribution in [0.2, 0.25) is 0 Å². The number of epoxide rings is 1. The highest BCUT2D eigenvalue weighted by atomic mass is 32.1. The fraction of sp³-hybridized carbons (Fsp3) is 0.633. The van der Waals surface area contributed by atoms with Crippen molar-refractivity contribution in [3.63, 3.8) is 0 Å². The Morgan fingerprint density at radius 2 is 2.00 bits per heavy atom. The van der Waals surface area contributed by atoms with Gasteiger partial charge in [0.2, 0.25) is 0 Å². The van der Waals surface area contributed by atoms with Crippen LogP contribution in [0.1, 0.15) is 82.9 Å². The molecule has 2 aliphatic heterocycles. The molecule has 0 bridgehead atoms. The summed E-state index contributed by atoms with van der Waals surface area (Å²) in [6.07, 6.45) is 4.99. The lowest BCUT2D eigenvalue weighted by atomic mass is 9.71. The number of rotatable bonds is 3. The van der Waals surface area contributed by atoms with Gasteiger partial charge in [-0.3, -0.25) is 9.59 Å². The summed E-state index contributed by atoms with van der Waals surface area (Å²) in [6.45, 7) is 7.49. The highest BCUT2D eigenvalue weighted by Gasteiger charge is 2.53. The lowest BCUT2D eigenvalue weighted by molar-refractivity contribution is -0.156. The second kappa shape index (κ2) is 11.6. The highest BCUT2D eigenvalue weighted by molar-refractivity contribution is 7.18. The van der Waals surface area contributed by atoms with Crippen molar-refractivity contribution in [1.29, 1.82) is 0 Å². The monoisotopic (exact) mass is 556 g/mol. The molecule has 1 aromatic heterocycles.